The molecule has 2 N–H and O–H groups in total. The van der Waals surface area contributed by atoms with Crippen molar-refractivity contribution in [2.75, 3.05) is 13.1 Å². The van der Waals surface area contributed by atoms with Gasteiger partial charge < -0.3 is 10.6 Å². The van der Waals surface area contributed by atoms with Gasteiger partial charge in [0.25, 0.3) is 5.69 Å². The Hall–Kier alpha value is -2.96. The van der Waals surface area contributed by atoms with Gasteiger partial charge in [0.2, 0.25) is 0 Å². The molecule has 0 amide bonds. The maximum atomic E-state index is 13.5. The van der Waals surface area contributed by atoms with E-state index in [4.69, 9.17) is 0 Å². The average molecular weight is 370 g/mol. The summed E-state index contributed by atoms with van der Waals surface area (Å²) in [6, 6.07) is 13.2. The van der Waals surface area contributed by atoms with E-state index >= 15 is 0 Å². The van der Waals surface area contributed by atoms with Gasteiger partial charge in [-0.15, -0.1) is 0 Å². The van der Waals surface area contributed by atoms with E-state index in [1.807, 2.05) is 19.1 Å². The van der Waals surface area contributed by atoms with E-state index in [9.17, 15) is 14.5 Å². The molecule has 0 atom stereocenters. The molecule has 0 aromatic heterocycles. The first-order valence-corrected chi connectivity index (χ1v) is 9.04. The highest BCUT2D eigenvalue weighted by Crippen LogP contribution is 2.47. The van der Waals surface area contributed by atoms with E-state index in [1.54, 1.807) is 18.2 Å². The van der Waals surface area contributed by atoms with Crippen LogP contribution in [0.4, 0.5) is 10.1 Å². The van der Waals surface area contributed by atoms with Crippen LogP contribution in [0.3, 0.4) is 0 Å². The van der Waals surface area contributed by atoms with Crippen LogP contribution in [0.1, 0.15) is 30.9 Å². The Morgan fingerprint density at radius 2 is 2.00 bits per heavy atom. The molecule has 2 aromatic rings. The van der Waals surface area contributed by atoms with Crippen LogP contribution >= 0.6 is 0 Å². The number of hydrogen-bond donors (Lipinski definition) is 2. The molecule has 0 unspecified atom stereocenters. The number of non-ortho nitro benzene ring substituents is 1. The predicted molar refractivity (Wildman–Crippen MR) is 103 cm³/mol. The fourth-order valence-corrected chi connectivity index (χ4v) is 3.07. The molecule has 1 saturated carbocycles. The van der Waals surface area contributed by atoms with Gasteiger partial charge in [0, 0.05) is 30.6 Å². The van der Waals surface area contributed by atoms with Crippen molar-refractivity contribution in [3.63, 3.8) is 0 Å². The molecule has 0 bridgehead atoms. The lowest BCUT2D eigenvalue weighted by Gasteiger charge is -2.19. The molecule has 0 spiro atoms. The lowest BCUT2D eigenvalue weighted by molar-refractivity contribution is -0.384. The first-order chi connectivity index (χ1) is 13.0. The standard InChI is InChI=1S/C20H23FN4O2/c1-2-22-19(23-13-15-5-3-8-18(11-15)25(26)27)24-14-20(9-10-20)16-6-4-7-17(21)12-16/h3-8,11-12H,2,9-10,13-14H2,1H3,(H2,22,23,24). The normalized spacial score (nSPS) is 15.3. The zero-order valence-corrected chi connectivity index (χ0v) is 15.2. The monoisotopic (exact) mass is 370 g/mol. The third-order valence-electron chi connectivity index (χ3n) is 4.77. The Balaban J connectivity index is 1.66. The van der Waals surface area contributed by atoms with Gasteiger partial charge in [-0.2, -0.15) is 0 Å². The van der Waals surface area contributed by atoms with Crippen LogP contribution in [-0.4, -0.2) is 24.0 Å². The number of guanidine groups is 1. The number of nitrogens with zero attached hydrogens (tertiary/aromatic N) is 2. The summed E-state index contributed by atoms with van der Waals surface area (Å²) in [5.74, 6) is 0.428. The minimum Gasteiger partial charge on any atom is -0.357 e. The van der Waals surface area contributed by atoms with Crippen LogP contribution in [0.2, 0.25) is 0 Å². The Kier molecular flexibility index (Phi) is 5.69. The molecule has 0 saturated heterocycles. The maximum Gasteiger partial charge on any atom is 0.269 e. The predicted octanol–water partition coefficient (Wildman–Crippen LogP) is 3.52. The molecule has 7 heteroatoms. The molecule has 1 aliphatic rings. The number of nitrogens with one attached hydrogen (secondary N) is 2. The second kappa shape index (κ2) is 8.16. The summed E-state index contributed by atoms with van der Waals surface area (Å²) in [7, 11) is 0. The van der Waals surface area contributed by atoms with Crippen molar-refractivity contribution in [2.24, 2.45) is 4.99 Å². The van der Waals surface area contributed by atoms with E-state index in [0.717, 1.165) is 24.0 Å². The van der Waals surface area contributed by atoms with E-state index in [1.165, 1.54) is 18.2 Å². The van der Waals surface area contributed by atoms with Crippen LogP contribution in [0.15, 0.2) is 53.5 Å². The van der Waals surface area contributed by atoms with Crippen LogP contribution in [0, 0.1) is 15.9 Å². The van der Waals surface area contributed by atoms with Crippen LogP contribution in [-0.2, 0) is 12.0 Å². The Labute approximate surface area is 157 Å². The van der Waals surface area contributed by atoms with Crippen molar-refractivity contribution >= 4 is 11.6 Å². The van der Waals surface area contributed by atoms with Gasteiger partial charge in [-0.3, -0.25) is 10.1 Å². The number of hydrogen-bond acceptors (Lipinski definition) is 3. The smallest absolute Gasteiger partial charge is 0.269 e. The maximum absolute atomic E-state index is 13.5. The summed E-state index contributed by atoms with van der Waals surface area (Å²) >= 11 is 0. The zero-order valence-electron chi connectivity index (χ0n) is 15.2. The number of benzene rings is 2. The SMILES string of the molecule is CCNC(=NCc1cccc([N+](=O)[O-])c1)NCC1(c2cccc(F)c2)CC1. The van der Waals surface area contributed by atoms with Crippen molar-refractivity contribution in [2.45, 2.75) is 31.7 Å². The van der Waals surface area contributed by atoms with Crippen LogP contribution < -0.4 is 10.6 Å². The Morgan fingerprint density at radius 1 is 1.22 bits per heavy atom. The van der Waals surface area contributed by atoms with E-state index < -0.39 is 4.92 Å². The minimum absolute atomic E-state index is 0.0518. The second-order valence-electron chi connectivity index (χ2n) is 6.77. The first kappa shape index (κ1) is 18.8. The molecular formula is C20H23FN4O2. The summed E-state index contributed by atoms with van der Waals surface area (Å²) in [6.07, 6.45) is 2.02. The number of halogens is 1. The zero-order chi connectivity index (χ0) is 19.3. The summed E-state index contributed by atoms with van der Waals surface area (Å²) in [6.45, 7) is 3.68. The number of nitro groups is 1. The van der Waals surface area contributed by atoms with Crippen molar-refractivity contribution in [1.82, 2.24) is 10.6 Å². The minimum atomic E-state index is -0.410. The van der Waals surface area contributed by atoms with Crippen molar-refractivity contribution in [1.29, 1.82) is 0 Å². The fraction of sp³-hybridized carbons (Fsp3) is 0.350. The molecule has 0 radical (unpaired) electrons. The molecule has 142 valence electrons. The molecule has 0 aliphatic heterocycles. The molecule has 3 rings (SSSR count). The third kappa shape index (κ3) is 4.81. The van der Waals surface area contributed by atoms with Gasteiger partial charge in [-0.05, 0) is 43.0 Å². The lowest BCUT2D eigenvalue weighted by Crippen LogP contribution is -2.41. The third-order valence-corrected chi connectivity index (χ3v) is 4.77. The van der Waals surface area contributed by atoms with E-state index in [-0.39, 0.29) is 16.9 Å². The Bertz CT molecular complexity index is 849. The molecule has 27 heavy (non-hydrogen) atoms. The van der Waals surface area contributed by atoms with Crippen LogP contribution in [0.5, 0.6) is 0 Å². The highest BCUT2D eigenvalue weighted by molar-refractivity contribution is 5.80. The lowest BCUT2D eigenvalue weighted by atomic mass is 9.96. The van der Waals surface area contributed by atoms with Crippen molar-refractivity contribution in [3.05, 3.63) is 75.6 Å². The van der Waals surface area contributed by atoms with Gasteiger partial charge in [0.05, 0.1) is 11.5 Å². The van der Waals surface area contributed by atoms with Gasteiger partial charge in [-0.1, -0.05) is 24.3 Å². The van der Waals surface area contributed by atoms with Crippen molar-refractivity contribution in [3.8, 4) is 0 Å². The largest absolute Gasteiger partial charge is 0.357 e. The summed E-state index contributed by atoms with van der Waals surface area (Å²) in [4.78, 5) is 15.0. The molecule has 1 aliphatic carbocycles. The number of nitro benzene ring substituents is 1. The second-order valence-corrected chi connectivity index (χ2v) is 6.77. The first-order valence-electron chi connectivity index (χ1n) is 9.04. The molecule has 0 heterocycles. The van der Waals surface area contributed by atoms with Gasteiger partial charge in [-0.25, -0.2) is 9.38 Å². The average Bonchev–Trinajstić information content (AvgIpc) is 3.45. The molecule has 6 nitrogen and oxygen atoms in total. The highest BCUT2D eigenvalue weighted by Gasteiger charge is 2.44. The highest BCUT2D eigenvalue weighted by atomic mass is 19.1. The quantitative estimate of drug-likeness (QED) is 0.338. The topological polar surface area (TPSA) is 79.6 Å². The van der Waals surface area contributed by atoms with E-state index in [0.29, 0.717) is 25.6 Å². The van der Waals surface area contributed by atoms with Gasteiger partial charge in [0.1, 0.15) is 5.82 Å². The fourth-order valence-electron chi connectivity index (χ4n) is 3.07. The molecule has 1 fully saturated rings. The van der Waals surface area contributed by atoms with Crippen molar-refractivity contribution < 1.29 is 9.31 Å². The summed E-state index contributed by atoms with van der Waals surface area (Å²) in [5.41, 5.74) is 1.78. The van der Waals surface area contributed by atoms with E-state index in [2.05, 4.69) is 15.6 Å². The number of aliphatic imine (C=N–C) groups is 1. The van der Waals surface area contributed by atoms with Crippen LogP contribution in [0.25, 0.3) is 0 Å². The number of rotatable bonds is 7. The van der Waals surface area contributed by atoms with Gasteiger partial charge >= 0.3 is 0 Å². The van der Waals surface area contributed by atoms with Gasteiger partial charge in [0.15, 0.2) is 5.96 Å². The Morgan fingerprint density at radius 3 is 2.67 bits per heavy atom. The summed E-state index contributed by atoms with van der Waals surface area (Å²) < 4.78 is 13.5. The molecular weight excluding hydrogens is 347 g/mol. The molecule has 2 aromatic carbocycles. The summed E-state index contributed by atoms with van der Waals surface area (Å²) in [5, 5.41) is 17.4.